The summed E-state index contributed by atoms with van der Waals surface area (Å²) in [5.41, 5.74) is 0. The van der Waals surface area contributed by atoms with E-state index in [0.29, 0.717) is 18.8 Å². The fourth-order valence-corrected chi connectivity index (χ4v) is 3.18. The second-order valence-corrected chi connectivity index (χ2v) is 8.19. The van der Waals surface area contributed by atoms with Gasteiger partial charge in [0.2, 0.25) is 0 Å². The third-order valence-electron chi connectivity index (χ3n) is 4.88. The maximum Gasteiger partial charge on any atom is 0.306 e. The van der Waals surface area contributed by atoms with Crippen LogP contribution in [0.4, 0.5) is 0 Å². The average molecular weight is 433 g/mol. The van der Waals surface area contributed by atoms with Gasteiger partial charge >= 0.3 is 11.9 Å². The lowest BCUT2D eigenvalue weighted by Crippen LogP contribution is -2.06. The lowest BCUT2D eigenvalue weighted by atomic mass is 10.0. The SMILES string of the molecule is CCC(=O)O.CCCCCCCCCCCCCCCCCCOC(=O)CCS. The molecule has 0 unspecified atom stereocenters. The molecule has 0 bridgehead atoms. The van der Waals surface area contributed by atoms with Gasteiger partial charge in [-0.15, -0.1) is 0 Å². The van der Waals surface area contributed by atoms with Crippen LogP contribution in [0.1, 0.15) is 129 Å². The summed E-state index contributed by atoms with van der Waals surface area (Å²) in [5.74, 6) is -0.270. The molecular formula is C24H48O4S. The molecule has 0 saturated carbocycles. The van der Waals surface area contributed by atoms with E-state index in [0.717, 1.165) is 6.42 Å². The topological polar surface area (TPSA) is 63.6 Å². The summed E-state index contributed by atoms with van der Waals surface area (Å²) in [4.78, 5) is 20.5. The highest BCUT2D eigenvalue weighted by Gasteiger charge is 2.00. The maximum atomic E-state index is 11.1. The van der Waals surface area contributed by atoms with E-state index in [-0.39, 0.29) is 12.4 Å². The summed E-state index contributed by atoms with van der Waals surface area (Å²) in [6, 6.07) is 0. The van der Waals surface area contributed by atoms with Gasteiger partial charge in [0, 0.05) is 12.2 Å². The number of carbonyl (C=O) groups is 2. The van der Waals surface area contributed by atoms with Crippen molar-refractivity contribution in [3.05, 3.63) is 0 Å². The summed E-state index contributed by atoms with van der Waals surface area (Å²) < 4.78 is 5.11. The molecule has 0 fully saturated rings. The zero-order valence-corrected chi connectivity index (χ0v) is 20.2. The molecule has 5 heteroatoms. The van der Waals surface area contributed by atoms with Crippen molar-refractivity contribution in [1.82, 2.24) is 0 Å². The van der Waals surface area contributed by atoms with E-state index < -0.39 is 5.97 Å². The summed E-state index contributed by atoms with van der Waals surface area (Å²) in [6.07, 6.45) is 22.5. The van der Waals surface area contributed by atoms with Crippen LogP contribution >= 0.6 is 12.6 Å². The quantitative estimate of drug-likeness (QED) is 0.118. The van der Waals surface area contributed by atoms with Crippen LogP contribution in [0.25, 0.3) is 0 Å². The molecule has 0 rings (SSSR count). The van der Waals surface area contributed by atoms with Crippen LogP contribution in [0.15, 0.2) is 0 Å². The number of hydrogen-bond donors (Lipinski definition) is 2. The van der Waals surface area contributed by atoms with Crippen LogP contribution in [0, 0.1) is 0 Å². The van der Waals surface area contributed by atoms with E-state index in [2.05, 4.69) is 19.6 Å². The van der Waals surface area contributed by atoms with Gasteiger partial charge in [-0.2, -0.15) is 12.6 Å². The number of unbranched alkanes of at least 4 members (excludes halogenated alkanes) is 15. The van der Waals surface area contributed by atoms with Gasteiger partial charge in [0.25, 0.3) is 0 Å². The van der Waals surface area contributed by atoms with Crippen LogP contribution in [-0.4, -0.2) is 29.4 Å². The second-order valence-electron chi connectivity index (χ2n) is 7.74. The molecule has 0 aromatic heterocycles. The van der Waals surface area contributed by atoms with Crippen molar-refractivity contribution in [1.29, 1.82) is 0 Å². The normalized spacial score (nSPS) is 10.3. The Bertz CT molecular complexity index is 348. The first-order valence-electron chi connectivity index (χ1n) is 12.1. The Kier molecular flexibility index (Phi) is 28.7. The van der Waals surface area contributed by atoms with Gasteiger partial charge in [-0.05, 0) is 6.42 Å². The van der Waals surface area contributed by atoms with Gasteiger partial charge in [-0.1, -0.05) is 110 Å². The van der Waals surface area contributed by atoms with Crippen molar-refractivity contribution in [3.63, 3.8) is 0 Å². The molecule has 0 aliphatic rings. The number of rotatable bonds is 20. The Morgan fingerprint density at radius 2 is 1.03 bits per heavy atom. The van der Waals surface area contributed by atoms with Crippen molar-refractivity contribution in [2.24, 2.45) is 0 Å². The Balaban J connectivity index is 0. The van der Waals surface area contributed by atoms with Crippen molar-refractivity contribution < 1.29 is 19.4 Å². The van der Waals surface area contributed by atoms with E-state index in [1.807, 2.05) is 0 Å². The third-order valence-corrected chi connectivity index (χ3v) is 5.10. The lowest BCUT2D eigenvalue weighted by Gasteiger charge is -2.04. The molecule has 0 aromatic rings. The van der Waals surface area contributed by atoms with Gasteiger partial charge in [-0.25, -0.2) is 0 Å². The van der Waals surface area contributed by atoms with Crippen molar-refractivity contribution in [2.75, 3.05) is 12.4 Å². The van der Waals surface area contributed by atoms with Crippen LogP contribution in [0.5, 0.6) is 0 Å². The minimum Gasteiger partial charge on any atom is -0.481 e. The number of thiol groups is 1. The van der Waals surface area contributed by atoms with E-state index in [1.165, 1.54) is 96.3 Å². The predicted octanol–water partition coefficient (Wildman–Crippen LogP) is 7.59. The zero-order chi connectivity index (χ0) is 22.0. The molecule has 0 aromatic carbocycles. The summed E-state index contributed by atoms with van der Waals surface area (Å²) in [5, 5.41) is 7.72. The summed E-state index contributed by atoms with van der Waals surface area (Å²) >= 11 is 4.02. The molecule has 0 spiro atoms. The third kappa shape index (κ3) is 32.2. The first-order valence-corrected chi connectivity index (χ1v) is 12.7. The fourth-order valence-electron chi connectivity index (χ4n) is 3.00. The number of carboxylic acid groups (broad SMARTS) is 1. The van der Waals surface area contributed by atoms with Crippen LogP contribution < -0.4 is 0 Å². The molecular weight excluding hydrogens is 384 g/mol. The monoisotopic (exact) mass is 432 g/mol. The standard InChI is InChI=1S/C21H42O2S.C3H6O2/c1-2-3-4-5-6-7-8-9-10-11-12-13-14-15-16-17-19-23-21(22)18-20-24;1-2-3(4)5/h24H,2-20H2,1H3;2H2,1H3,(H,4,5). The summed E-state index contributed by atoms with van der Waals surface area (Å²) in [7, 11) is 0. The highest BCUT2D eigenvalue weighted by atomic mass is 32.1. The van der Waals surface area contributed by atoms with Gasteiger partial charge in [-0.3, -0.25) is 9.59 Å². The first kappa shape index (κ1) is 30.5. The molecule has 0 amide bonds. The maximum absolute atomic E-state index is 11.1. The Labute approximate surface area is 186 Å². The Morgan fingerprint density at radius 1 is 0.690 bits per heavy atom. The first-order chi connectivity index (χ1) is 14.1. The molecule has 0 saturated heterocycles. The van der Waals surface area contributed by atoms with E-state index in [1.54, 1.807) is 6.92 Å². The number of hydrogen-bond acceptors (Lipinski definition) is 4. The molecule has 29 heavy (non-hydrogen) atoms. The number of ether oxygens (including phenoxy) is 1. The minimum absolute atomic E-state index is 0.106. The van der Waals surface area contributed by atoms with E-state index in [9.17, 15) is 9.59 Å². The average Bonchev–Trinajstić information content (AvgIpc) is 2.71. The molecule has 4 nitrogen and oxygen atoms in total. The van der Waals surface area contributed by atoms with Crippen LogP contribution in [-0.2, 0) is 14.3 Å². The summed E-state index contributed by atoms with van der Waals surface area (Å²) in [6.45, 7) is 4.47. The van der Waals surface area contributed by atoms with E-state index >= 15 is 0 Å². The van der Waals surface area contributed by atoms with Gasteiger partial charge in [0.15, 0.2) is 0 Å². The van der Waals surface area contributed by atoms with Crippen molar-refractivity contribution in [3.8, 4) is 0 Å². The molecule has 0 atom stereocenters. The second kappa shape index (κ2) is 27.3. The number of esters is 1. The zero-order valence-electron chi connectivity index (χ0n) is 19.3. The molecule has 1 N–H and O–H groups in total. The number of aliphatic carboxylic acids is 1. The smallest absolute Gasteiger partial charge is 0.306 e. The highest BCUT2D eigenvalue weighted by molar-refractivity contribution is 7.80. The molecule has 0 heterocycles. The Hall–Kier alpha value is -0.710. The molecule has 0 aliphatic carbocycles. The largest absolute Gasteiger partial charge is 0.481 e. The molecule has 174 valence electrons. The van der Waals surface area contributed by atoms with Gasteiger partial charge in [0.1, 0.15) is 0 Å². The van der Waals surface area contributed by atoms with Gasteiger partial charge < -0.3 is 9.84 Å². The van der Waals surface area contributed by atoms with E-state index in [4.69, 9.17) is 9.84 Å². The number of carboxylic acids is 1. The highest BCUT2D eigenvalue weighted by Crippen LogP contribution is 2.13. The van der Waals surface area contributed by atoms with Gasteiger partial charge in [0.05, 0.1) is 13.0 Å². The van der Waals surface area contributed by atoms with Crippen molar-refractivity contribution in [2.45, 2.75) is 129 Å². The Morgan fingerprint density at radius 3 is 1.34 bits per heavy atom. The fraction of sp³-hybridized carbons (Fsp3) is 0.917. The predicted molar refractivity (Wildman–Crippen MR) is 127 cm³/mol. The van der Waals surface area contributed by atoms with Crippen LogP contribution in [0.3, 0.4) is 0 Å². The van der Waals surface area contributed by atoms with Crippen molar-refractivity contribution >= 4 is 24.6 Å². The minimum atomic E-state index is -0.745. The molecule has 0 radical (unpaired) electrons. The molecule has 0 aliphatic heterocycles. The lowest BCUT2D eigenvalue weighted by molar-refractivity contribution is -0.143. The van der Waals surface area contributed by atoms with Crippen LogP contribution in [0.2, 0.25) is 0 Å². The number of carbonyl (C=O) groups excluding carboxylic acids is 1.